The topological polar surface area (TPSA) is 85.4 Å². The van der Waals surface area contributed by atoms with E-state index in [4.69, 9.17) is 14.2 Å². The fourth-order valence-electron chi connectivity index (χ4n) is 5.60. The first-order valence-corrected chi connectivity index (χ1v) is 19.5. The van der Waals surface area contributed by atoms with E-state index in [1.165, 1.54) is 89.9 Å². The Bertz CT molecular complexity index is 832. The number of epoxide rings is 1. The highest BCUT2D eigenvalue weighted by Gasteiger charge is 2.35. The van der Waals surface area contributed by atoms with Crippen LogP contribution in [0.2, 0.25) is 0 Å². The summed E-state index contributed by atoms with van der Waals surface area (Å²) in [7, 11) is 0. The second-order valence-electron chi connectivity index (χ2n) is 13.9. The van der Waals surface area contributed by atoms with Gasteiger partial charge in [-0.3, -0.25) is 9.59 Å². The van der Waals surface area contributed by atoms with Crippen molar-refractivity contribution in [2.45, 2.75) is 193 Å². The van der Waals surface area contributed by atoms with Gasteiger partial charge in [0.2, 0.25) is 0 Å². The molecule has 0 aromatic rings. The van der Waals surface area contributed by atoms with Crippen LogP contribution in [0.5, 0.6) is 0 Å². The molecule has 0 spiro atoms. The molecule has 0 aliphatic carbocycles. The number of esters is 2. The largest absolute Gasteiger partial charge is 0.463 e. The SMILES string of the molecule is CCCCC/C=C\CC1OC1C/C=C\C/C=C\CCCC(=O)OC[C@H](O)COC(=O)CCCCCCCCCCCCCCC(C)C. The Hall–Kier alpha value is -1.92. The number of rotatable bonds is 33. The summed E-state index contributed by atoms with van der Waals surface area (Å²) in [4.78, 5) is 23.9. The maximum absolute atomic E-state index is 12.0. The summed E-state index contributed by atoms with van der Waals surface area (Å²) < 4.78 is 16.0. The van der Waals surface area contributed by atoms with Gasteiger partial charge in [0.15, 0.2) is 0 Å². The molecule has 1 aliphatic heterocycles. The van der Waals surface area contributed by atoms with Crippen LogP contribution in [0.4, 0.5) is 0 Å². The summed E-state index contributed by atoms with van der Waals surface area (Å²) in [5.74, 6) is 0.205. The van der Waals surface area contributed by atoms with Crippen LogP contribution < -0.4 is 0 Å². The summed E-state index contributed by atoms with van der Waals surface area (Å²) in [5.41, 5.74) is 0. The minimum absolute atomic E-state index is 0.135. The highest BCUT2D eigenvalue weighted by atomic mass is 16.6. The molecule has 0 aromatic carbocycles. The van der Waals surface area contributed by atoms with Crippen molar-refractivity contribution in [1.29, 1.82) is 0 Å². The van der Waals surface area contributed by atoms with Gasteiger partial charge in [0.25, 0.3) is 0 Å². The predicted octanol–water partition coefficient (Wildman–Crippen LogP) is 10.9. The van der Waals surface area contributed by atoms with Crippen molar-refractivity contribution >= 4 is 11.9 Å². The van der Waals surface area contributed by atoms with E-state index in [1.807, 2.05) is 0 Å². The van der Waals surface area contributed by atoms with Crippen LogP contribution in [0.15, 0.2) is 36.5 Å². The average molecular weight is 661 g/mol. The number of carbonyl (C=O) groups excluding carboxylic acids is 2. The number of hydrogen-bond acceptors (Lipinski definition) is 6. The number of carbonyl (C=O) groups is 2. The highest BCUT2D eigenvalue weighted by molar-refractivity contribution is 5.69. The van der Waals surface area contributed by atoms with Crippen LogP contribution in [0.25, 0.3) is 0 Å². The molecule has 6 heteroatoms. The van der Waals surface area contributed by atoms with Crippen molar-refractivity contribution in [2.75, 3.05) is 13.2 Å². The standard InChI is InChI=1S/C41H72O6/c1-4-5-6-7-20-25-30-38-39(47-38)31-26-21-16-14-18-23-28-33-41(44)46-35-37(42)34-45-40(43)32-27-22-17-13-11-9-8-10-12-15-19-24-29-36(2)3/h14,18,20-21,25-26,36-39,42H,4-13,15-17,19,22-24,27-35H2,1-3H3/b18-14-,25-20-,26-21-/t37-,38?,39?/m1/s1. The van der Waals surface area contributed by atoms with Crippen LogP contribution in [0, 0.1) is 5.92 Å². The van der Waals surface area contributed by atoms with Crippen molar-refractivity contribution in [2.24, 2.45) is 5.92 Å². The zero-order valence-electron chi connectivity index (χ0n) is 30.6. The van der Waals surface area contributed by atoms with Crippen LogP contribution in [-0.4, -0.2) is 48.6 Å². The lowest BCUT2D eigenvalue weighted by molar-refractivity contribution is -0.152. The molecular formula is C41H72O6. The molecule has 47 heavy (non-hydrogen) atoms. The molecule has 0 amide bonds. The second-order valence-corrected chi connectivity index (χ2v) is 13.9. The molecule has 1 saturated heterocycles. The first-order valence-electron chi connectivity index (χ1n) is 19.5. The van der Waals surface area contributed by atoms with Gasteiger partial charge in [-0.1, -0.05) is 147 Å². The third-order valence-electron chi connectivity index (χ3n) is 8.71. The second kappa shape index (κ2) is 31.4. The normalized spacial score (nSPS) is 17.0. The molecule has 6 nitrogen and oxygen atoms in total. The summed E-state index contributed by atoms with van der Waals surface area (Å²) in [6, 6.07) is 0. The van der Waals surface area contributed by atoms with E-state index >= 15 is 0 Å². The highest BCUT2D eigenvalue weighted by Crippen LogP contribution is 2.29. The zero-order valence-corrected chi connectivity index (χ0v) is 30.6. The fourth-order valence-corrected chi connectivity index (χ4v) is 5.60. The number of unbranched alkanes of at least 4 members (excludes halogenated alkanes) is 15. The van der Waals surface area contributed by atoms with Gasteiger partial charge in [-0.15, -0.1) is 0 Å². The lowest BCUT2D eigenvalue weighted by atomic mass is 10.0. The van der Waals surface area contributed by atoms with Crippen LogP contribution in [-0.2, 0) is 23.8 Å². The number of aliphatic hydroxyl groups excluding tert-OH is 1. The van der Waals surface area contributed by atoms with Gasteiger partial charge in [0, 0.05) is 12.8 Å². The predicted molar refractivity (Wildman–Crippen MR) is 195 cm³/mol. The molecule has 2 unspecified atom stereocenters. The Morgan fingerprint density at radius 2 is 1.09 bits per heavy atom. The average Bonchev–Trinajstić information content (AvgIpc) is 3.81. The quantitative estimate of drug-likeness (QED) is 0.0326. The van der Waals surface area contributed by atoms with Crippen molar-refractivity contribution in [3.05, 3.63) is 36.5 Å². The number of allylic oxidation sites excluding steroid dienone is 4. The van der Waals surface area contributed by atoms with E-state index in [1.54, 1.807) is 0 Å². The summed E-state index contributed by atoms with van der Waals surface area (Å²) in [5, 5.41) is 10.0. The van der Waals surface area contributed by atoms with Crippen LogP contribution >= 0.6 is 0 Å². The number of aliphatic hydroxyl groups is 1. The van der Waals surface area contributed by atoms with Gasteiger partial charge in [0.05, 0.1) is 12.2 Å². The summed E-state index contributed by atoms with van der Waals surface area (Å²) in [6.45, 7) is 6.56. The molecular weight excluding hydrogens is 588 g/mol. The molecule has 3 atom stereocenters. The van der Waals surface area contributed by atoms with Crippen molar-refractivity contribution < 1.29 is 28.9 Å². The zero-order chi connectivity index (χ0) is 34.2. The maximum Gasteiger partial charge on any atom is 0.305 e. The molecule has 1 rings (SSSR count). The number of hydrogen-bond donors (Lipinski definition) is 1. The van der Waals surface area contributed by atoms with E-state index in [0.29, 0.717) is 31.5 Å². The third kappa shape index (κ3) is 29.9. The minimum atomic E-state index is -0.988. The third-order valence-corrected chi connectivity index (χ3v) is 8.71. The Morgan fingerprint density at radius 3 is 1.66 bits per heavy atom. The van der Waals surface area contributed by atoms with Crippen molar-refractivity contribution in [1.82, 2.24) is 0 Å². The molecule has 1 N–H and O–H groups in total. The van der Waals surface area contributed by atoms with Gasteiger partial charge in [0.1, 0.15) is 19.3 Å². The lowest BCUT2D eigenvalue weighted by Crippen LogP contribution is -2.25. The Labute approximate surface area is 289 Å². The van der Waals surface area contributed by atoms with Crippen molar-refractivity contribution in [3.8, 4) is 0 Å². The van der Waals surface area contributed by atoms with E-state index in [0.717, 1.165) is 50.9 Å². The van der Waals surface area contributed by atoms with Gasteiger partial charge < -0.3 is 19.3 Å². The fraction of sp³-hybridized carbons (Fsp3) is 0.805. The molecule has 1 aliphatic rings. The monoisotopic (exact) mass is 661 g/mol. The first kappa shape index (κ1) is 43.1. The first-order chi connectivity index (χ1) is 22.9. The smallest absolute Gasteiger partial charge is 0.305 e. The molecule has 1 heterocycles. The van der Waals surface area contributed by atoms with E-state index in [9.17, 15) is 14.7 Å². The van der Waals surface area contributed by atoms with E-state index < -0.39 is 6.10 Å². The Balaban J connectivity index is 1.86. The van der Waals surface area contributed by atoms with Crippen LogP contribution in [0.3, 0.4) is 0 Å². The summed E-state index contributed by atoms with van der Waals surface area (Å²) in [6.07, 6.45) is 39.5. The molecule has 272 valence electrons. The molecule has 0 saturated carbocycles. The van der Waals surface area contributed by atoms with Gasteiger partial charge in [-0.05, 0) is 57.3 Å². The number of ether oxygens (including phenoxy) is 3. The van der Waals surface area contributed by atoms with Gasteiger partial charge >= 0.3 is 11.9 Å². The van der Waals surface area contributed by atoms with E-state index in [-0.39, 0.29) is 25.2 Å². The van der Waals surface area contributed by atoms with Crippen molar-refractivity contribution in [3.63, 3.8) is 0 Å². The minimum Gasteiger partial charge on any atom is -0.463 e. The Kier molecular flexibility index (Phi) is 28.8. The molecule has 0 radical (unpaired) electrons. The molecule has 0 aromatic heterocycles. The van der Waals surface area contributed by atoms with Gasteiger partial charge in [-0.2, -0.15) is 0 Å². The van der Waals surface area contributed by atoms with E-state index in [2.05, 4.69) is 57.2 Å². The summed E-state index contributed by atoms with van der Waals surface area (Å²) >= 11 is 0. The lowest BCUT2D eigenvalue weighted by Gasteiger charge is -2.12. The Morgan fingerprint density at radius 1 is 0.617 bits per heavy atom. The van der Waals surface area contributed by atoms with Crippen LogP contribution in [0.1, 0.15) is 175 Å². The molecule has 0 bridgehead atoms. The molecule has 1 fully saturated rings. The maximum atomic E-state index is 12.0. The van der Waals surface area contributed by atoms with Gasteiger partial charge in [-0.25, -0.2) is 0 Å².